The average molecular weight is 292 g/mol. The molecule has 0 saturated carbocycles. The summed E-state index contributed by atoms with van der Waals surface area (Å²) in [6, 6.07) is -1.48. The first-order valence-electron chi connectivity index (χ1n) is 6.10. The van der Waals surface area contributed by atoms with Crippen LogP contribution in [0.3, 0.4) is 0 Å². The Hall–Kier alpha value is -1.15. The van der Waals surface area contributed by atoms with E-state index in [-0.39, 0.29) is 18.2 Å². The Balaban J connectivity index is 2.44. The van der Waals surface area contributed by atoms with Crippen molar-refractivity contribution >= 4 is 22.8 Å². The zero-order chi connectivity index (χ0) is 14.6. The summed E-state index contributed by atoms with van der Waals surface area (Å²) in [7, 11) is -0.946. The summed E-state index contributed by atoms with van der Waals surface area (Å²) in [6.45, 7) is 2.18. The molecule has 4 unspecified atom stereocenters. The van der Waals surface area contributed by atoms with E-state index in [0.717, 1.165) is 4.90 Å². The monoisotopic (exact) mass is 292 g/mol. The van der Waals surface area contributed by atoms with Gasteiger partial charge >= 0.3 is 12.0 Å². The SMILES string of the molecule is CC(CCNC(=O)N1CC(O)CC1C(=O)O)S(C)=O. The van der Waals surface area contributed by atoms with Crippen LogP contribution in [-0.4, -0.2) is 68.1 Å². The number of nitrogens with one attached hydrogen (secondary N) is 1. The number of carbonyl (C=O) groups excluding carboxylic acids is 1. The summed E-state index contributed by atoms with van der Waals surface area (Å²) in [5.41, 5.74) is 0. The van der Waals surface area contributed by atoms with Gasteiger partial charge in [-0.05, 0) is 6.42 Å². The highest BCUT2D eigenvalue weighted by atomic mass is 32.2. The lowest BCUT2D eigenvalue weighted by Crippen LogP contribution is -2.46. The fourth-order valence-electron chi connectivity index (χ4n) is 1.92. The number of hydrogen-bond acceptors (Lipinski definition) is 4. The molecule has 7 nitrogen and oxygen atoms in total. The highest BCUT2D eigenvalue weighted by molar-refractivity contribution is 7.84. The number of hydrogen-bond donors (Lipinski definition) is 3. The summed E-state index contributed by atoms with van der Waals surface area (Å²) in [4.78, 5) is 23.9. The van der Waals surface area contributed by atoms with Crippen LogP contribution in [0.25, 0.3) is 0 Å². The molecule has 1 aliphatic heterocycles. The summed E-state index contributed by atoms with van der Waals surface area (Å²) in [5, 5.41) is 21.0. The van der Waals surface area contributed by atoms with E-state index in [1.807, 2.05) is 6.92 Å². The van der Waals surface area contributed by atoms with Gasteiger partial charge in [0.05, 0.1) is 6.10 Å². The molecule has 3 N–H and O–H groups in total. The van der Waals surface area contributed by atoms with Crippen LogP contribution < -0.4 is 5.32 Å². The molecule has 0 aliphatic carbocycles. The number of aliphatic hydroxyl groups excluding tert-OH is 1. The molecule has 1 saturated heterocycles. The molecule has 0 aromatic heterocycles. The third kappa shape index (κ3) is 4.46. The van der Waals surface area contributed by atoms with Crippen LogP contribution in [-0.2, 0) is 15.6 Å². The van der Waals surface area contributed by atoms with E-state index in [4.69, 9.17) is 5.11 Å². The Morgan fingerprint density at radius 2 is 2.16 bits per heavy atom. The molecule has 1 aliphatic rings. The number of likely N-dealkylation sites (tertiary alicyclic amines) is 1. The molecule has 4 atom stereocenters. The van der Waals surface area contributed by atoms with Gasteiger partial charge < -0.3 is 20.4 Å². The van der Waals surface area contributed by atoms with Crippen molar-refractivity contribution in [2.75, 3.05) is 19.3 Å². The summed E-state index contributed by atoms with van der Waals surface area (Å²) in [5.74, 6) is -1.12. The summed E-state index contributed by atoms with van der Waals surface area (Å²) < 4.78 is 11.1. The van der Waals surface area contributed by atoms with E-state index < -0.39 is 34.9 Å². The van der Waals surface area contributed by atoms with Gasteiger partial charge in [0, 0.05) is 41.8 Å². The first kappa shape index (κ1) is 15.9. The minimum Gasteiger partial charge on any atom is -0.480 e. The molecular weight excluding hydrogens is 272 g/mol. The number of nitrogens with zero attached hydrogens (tertiary/aromatic N) is 1. The number of carbonyl (C=O) groups is 2. The van der Waals surface area contributed by atoms with Crippen molar-refractivity contribution in [3.63, 3.8) is 0 Å². The molecule has 0 radical (unpaired) electrons. The average Bonchev–Trinajstić information content (AvgIpc) is 2.71. The summed E-state index contributed by atoms with van der Waals surface area (Å²) in [6.07, 6.45) is 1.42. The maximum atomic E-state index is 11.8. The van der Waals surface area contributed by atoms with E-state index in [1.54, 1.807) is 6.26 Å². The smallest absolute Gasteiger partial charge is 0.326 e. The van der Waals surface area contributed by atoms with Crippen LogP contribution >= 0.6 is 0 Å². The van der Waals surface area contributed by atoms with Gasteiger partial charge in [-0.2, -0.15) is 0 Å². The zero-order valence-electron chi connectivity index (χ0n) is 11.0. The van der Waals surface area contributed by atoms with Crippen LogP contribution in [0.1, 0.15) is 19.8 Å². The van der Waals surface area contributed by atoms with Crippen molar-refractivity contribution in [1.82, 2.24) is 10.2 Å². The highest BCUT2D eigenvalue weighted by Gasteiger charge is 2.38. The molecular formula is C11H20N2O5S. The second-order valence-corrected chi connectivity index (χ2v) is 6.53. The van der Waals surface area contributed by atoms with Gasteiger partial charge in [-0.1, -0.05) is 6.92 Å². The second kappa shape index (κ2) is 6.85. The lowest BCUT2D eigenvalue weighted by atomic mass is 10.2. The second-order valence-electron chi connectivity index (χ2n) is 4.73. The van der Waals surface area contributed by atoms with Gasteiger partial charge in [0.25, 0.3) is 0 Å². The van der Waals surface area contributed by atoms with Gasteiger partial charge in [-0.3, -0.25) is 4.21 Å². The van der Waals surface area contributed by atoms with Crippen molar-refractivity contribution in [3.05, 3.63) is 0 Å². The molecule has 0 spiro atoms. The number of aliphatic hydroxyl groups is 1. The molecule has 1 rings (SSSR count). The number of amides is 2. The lowest BCUT2D eigenvalue weighted by Gasteiger charge is -2.21. The van der Waals surface area contributed by atoms with Crippen molar-refractivity contribution in [1.29, 1.82) is 0 Å². The van der Waals surface area contributed by atoms with Crippen LogP contribution in [0.2, 0.25) is 0 Å². The quantitative estimate of drug-likeness (QED) is 0.625. The third-order valence-corrected chi connectivity index (χ3v) is 4.59. The highest BCUT2D eigenvalue weighted by Crippen LogP contribution is 2.18. The van der Waals surface area contributed by atoms with Gasteiger partial charge in [-0.25, -0.2) is 9.59 Å². The Bertz CT molecular complexity index is 376. The summed E-state index contributed by atoms with van der Waals surface area (Å²) >= 11 is 0. The predicted molar refractivity (Wildman–Crippen MR) is 70.3 cm³/mol. The van der Waals surface area contributed by atoms with Crippen LogP contribution in [0.4, 0.5) is 4.79 Å². The minimum absolute atomic E-state index is 0.0259. The molecule has 1 heterocycles. The zero-order valence-corrected chi connectivity index (χ0v) is 11.9. The van der Waals surface area contributed by atoms with E-state index in [0.29, 0.717) is 13.0 Å². The molecule has 8 heteroatoms. The topological polar surface area (TPSA) is 107 Å². The van der Waals surface area contributed by atoms with Crippen molar-refractivity contribution in [3.8, 4) is 0 Å². The third-order valence-electron chi connectivity index (χ3n) is 3.22. The van der Waals surface area contributed by atoms with Crippen LogP contribution in [0.5, 0.6) is 0 Å². The molecule has 0 aromatic rings. The van der Waals surface area contributed by atoms with E-state index in [1.165, 1.54) is 0 Å². The first-order chi connectivity index (χ1) is 8.82. The van der Waals surface area contributed by atoms with Crippen LogP contribution in [0, 0.1) is 0 Å². The number of aliphatic carboxylic acids is 1. The number of carboxylic acid groups (broad SMARTS) is 1. The van der Waals surface area contributed by atoms with Crippen LogP contribution in [0.15, 0.2) is 0 Å². The number of rotatable bonds is 5. The van der Waals surface area contributed by atoms with Gasteiger partial charge in [0.1, 0.15) is 6.04 Å². The molecule has 0 aromatic carbocycles. The number of urea groups is 1. The number of β-amino-alcohol motifs (C(OH)–C–C–N with tert-alkyl or cyclic N) is 1. The maximum Gasteiger partial charge on any atom is 0.326 e. The minimum atomic E-state index is -1.12. The fraction of sp³-hybridized carbons (Fsp3) is 0.818. The standard InChI is InChI=1S/C11H20N2O5S/c1-7(19(2)18)3-4-12-11(17)13-6-8(14)5-9(13)10(15)16/h7-9,14H,3-6H2,1-2H3,(H,12,17)(H,15,16). The predicted octanol–water partition coefficient (Wildman–Crippen LogP) is -0.627. The first-order valence-corrected chi connectivity index (χ1v) is 7.72. The Labute approximate surface area is 114 Å². The molecule has 19 heavy (non-hydrogen) atoms. The molecule has 2 amide bonds. The fourth-order valence-corrected chi connectivity index (χ4v) is 2.37. The lowest BCUT2D eigenvalue weighted by molar-refractivity contribution is -0.141. The molecule has 0 bridgehead atoms. The van der Waals surface area contributed by atoms with E-state index >= 15 is 0 Å². The van der Waals surface area contributed by atoms with E-state index in [9.17, 15) is 18.9 Å². The Kier molecular flexibility index (Phi) is 5.74. The van der Waals surface area contributed by atoms with Crippen molar-refractivity contribution < 1.29 is 24.0 Å². The van der Waals surface area contributed by atoms with Crippen molar-refractivity contribution in [2.24, 2.45) is 0 Å². The van der Waals surface area contributed by atoms with Gasteiger partial charge in [0.2, 0.25) is 0 Å². The van der Waals surface area contributed by atoms with Gasteiger partial charge in [-0.15, -0.1) is 0 Å². The Morgan fingerprint density at radius 3 is 2.68 bits per heavy atom. The van der Waals surface area contributed by atoms with Crippen molar-refractivity contribution in [2.45, 2.75) is 37.2 Å². The van der Waals surface area contributed by atoms with E-state index in [2.05, 4.69) is 5.32 Å². The molecule has 1 fully saturated rings. The largest absolute Gasteiger partial charge is 0.480 e. The molecule has 110 valence electrons. The maximum absolute atomic E-state index is 11.8. The Morgan fingerprint density at radius 1 is 1.53 bits per heavy atom. The number of carboxylic acids is 1. The normalized spacial score (nSPS) is 25.9. The van der Waals surface area contributed by atoms with Gasteiger partial charge in [0.15, 0.2) is 0 Å².